The van der Waals surface area contributed by atoms with Gasteiger partial charge in [-0.2, -0.15) is 0 Å². The lowest BCUT2D eigenvalue weighted by atomic mass is 10.2. The molecule has 0 radical (unpaired) electrons. The molecule has 19 heavy (non-hydrogen) atoms. The van der Waals surface area contributed by atoms with Gasteiger partial charge >= 0.3 is 0 Å². The molecular weight excluding hydrogens is 265 g/mol. The van der Waals surface area contributed by atoms with Crippen LogP contribution in [0.1, 0.15) is 44.6 Å². The van der Waals surface area contributed by atoms with Gasteiger partial charge in [0.1, 0.15) is 0 Å². The maximum absolute atomic E-state index is 13.7. The highest BCUT2D eigenvalue weighted by molar-refractivity contribution is 7.89. The quantitative estimate of drug-likeness (QED) is 0.538. The number of hydrogen-bond acceptors (Lipinski definition) is 2. The van der Waals surface area contributed by atoms with E-state index in [9.17, 15) is 12.9 Å². The number of sulfonamides is 1. The number of hydrogen-bond donors (Lipinski definition) is 0. The number of halogens is 1. The van der Waals surface area contributed by atoms with Crippen molar-refractivity contribution in [3.8, 4) is 0 Å². The molecule has 0 saturated carbocycles. The van der Waals surface area contributed by atoms with Crippen LogP contribution in [0.2, 0.25) is 0 Å². The molecule has 0 unspecified atom stereocenters. The van der Waals surface area contributed by atoms with Gasteiger partial charge in [0, 0.05) is 6.54 Å². The molecule has 0 bridgehead atoms. The van der Waals surface area contributed by atoms with E-state index in [-0.39, 0.29) is 16.0 Å². The maximum atomic E-state index is 13.7. The van der Waals surface area contributed by atoms with Gasteiger partial charge in [0.15, 0.2) is 0 Å². The molecule has 1 aromatic rings. The minimum Gasteiger partial charge on any atom is -0.205 e. The normalized spacial score (nSPS) is 12.0. The lowest BCUT2D eigenvalue weighted by Crippen LogP contribution is -2.24. The van der Waals surface area contributed by atoms with E-state index < -0.39 is 10.0 Å². The fourth-order valence-corrected chi connectivity index (χ4v) is 2.86. The monoisotopic (exact) mass is 287 g/mol. The van der Waals surface area contributed by atoms with Gasteiger partial charge in [0.25, 0.3) is 10.0 Å². The zero-order chi connectivity index (χ0) is 14.3. The van der Waals surface area contributed by atoms with Crippen molar-refractivity contribution in [2.24, 2.45) is 0 Å². The Kier molecular flexibility index (Phi) is 6.45. The average Bonchev–Trinajstić information content (AvgIpc) is 2.38. The van der Waals surface area contributed by atoms with Crippen molar-refractivity contribution in [2.75, 3.05) is 6.54 Å². The molecule has 0 aliphatic rings. The van der Waals surface area contributed by atoms with Crippen LogP contribution in [0.3, 0.4) is 0 Å². The molecule has 1 aromatic carbocycles. The summed E-state index contributed by atoms with van der Waals surface area (Å²) in [4.78, 5) is 0.00848. The molecule has 0 amide bonds. The smallest absolute Gasteiger partial charge is 0.205 e. The van der Waals surface area contributed by atoms with Crippen molar-refractivity contribution >= 4 is 10.0 Å². The van der Waals surface area contributed by atoms with Crippen molar-refractivity contribution < 1.29 is 12.9 Å². The predicted molar refractivity (Wildman–Crippen MR) is 74.9 cm³/mol. The Balaban J connectivity index is 2.54. The Morgan fingerprint density at radius 1 is 1.05 bits per heavy atom. The largest absolute Gasteiger partial charge is 0.269 e. The molecule has 0 aliphatic heterocycles. The molecule has 0 N–H and O–H groups in total. The molecule has 0 spiro atoms. The van der Waals surface area contributed by atoms with Crippen LogP contribution < -0.4 is 0 Å². The Morgan fingerprint density at radius 3 is 2.21 bits per heavy atom. The zero-order valence-electron chi connectivity index (χ0n) is 11.6. The van der Waals surface area contributed by atoms with Crippen molar-refractivity contribution in [3.63, 3.8) is 0 Å². The van der Waals surface area contributed by atoms with E-state index in [0.29, 0.717) is 6.42 Å². The van der Waals surface area contributed by atoms with Crippen molar-refractivity contribution in [2.45, 2.75) is 50.8 Å². The van der Waals surface area contributed by atoms with Crippen LogP contribution in [0.15, 0.2) is 29.2 Å². The maximum Gasteiger partial charge on any atom is 0.269 e. The molecule has 0 saturated heterocycles. The number of rotatable bonds is 8. The lowest BCUT2D eigenvalue weighted by molar-refractivity contribution is 0.136. The summed E-state index contributed by atoms with van der Waals surface area (Å²) in [5.74, 6) is 0. The molecule has 5 heteroatoms. The Hall–Kier alpha value is -0.940. The summed E-state index contributed by atoms with van der Waals surface area (Å²) in [5.41, 5.74) is 0.948. The molecule has 0 fully saturated rings. The highest BCUT2D eigenvalue weighted by Gasteiger charge is 2.23. The first-order valence-electron chi connectivity index (χ1n) is 6.73. The van der Waals surface area contributed by atoms with E-state index in [1.165, 1.54) is 12.1 Å². The van der Waals surface area contributed by atoms with E-state index >= 15 is 0 Å². The van der Waals surface area contributed by atoms with Crippen LogP contribution in [-0.4, -0.2) is 19.5 Å². The van der Waals surface area contributed by atoms with Gasteiger partial charge in [-0.1, -0.05) is 50.3 Å². The molecule has 0 heterocycles. The fraction of sp³-hybridized carbons (Fsp3) is 0.571. The minimum absolute atomic E-state index is 0.00848. The topological polar surface area (TPSA) is 37.4 Å². The second-order valence-electron chi connectivity index (χ2n) is 4.74. The Morgan fingerprint density at radius 2 is 1.63 bits per heavy atom. The van der Waals surface area contributed by atoms with Crippen LogP contribution >= 0.6 is 0 Å². The SMILES string of the molecule is CCCCCCCN(F)S(=O)(=O)c1ccc(C)cc1. The molecule has 0 aromatic heterocycles. The third-order valence-electron chi connectivity index (χ3n) is 3.02. The van der Waals surface area contributed by atoms with Crippen LogP contribution in [0, 0.1) is 6.92 Å². The van der Waals surface area contributed by atoms with Gasteiger partial charge in [-0.3, -0.25) is 0 Å². The van der Waals surface area contributed by atoms with Crippen LogP contribution in [0.4, 0.5) is 4.48 Å². The van der Waals surface area contributed by atoms with E-state index in [4.69, 9.17) is 0 Å². The van der Waals surface area contributed by atoms with Gasteiger partial charge < -0.3 is 0 Å². The third kappa shape index (κ3) is 4.91. The number of benzene rings is 1. The summed E-state index contributed by atoms with van der Waals surface area (Å²) in [6.07, 6.45) is 4.66. The highest BCUT2D eigenvalue weighted by atomic mass is 32.2. The second-order valence-corrected chi connectivity index (χ2v) is 6.56. The van der Waals surface area contributed by atoms with E-state index in [1.54, 1.807) is 12.1 Å². The first kappa shape index (κ1) is 16.1. The molecule has 1 rings (SSSR count). The van der Waals surface area contributed by atoms with E-state index in [2.05, 4.69) is 6.92 Å². The zero-order valence-corrected chi connectivity index (χ0v) is 12.4. The molecular formula is C14H22FNO2S. The summed E-state index contributed by atoms with van der Waals surface area (Å²) in [6.45, 7) is 3.89. The summed E-state index contributed by atoms with van der Waals surface area (Å²) in [6, 6.07) is 6.21. The van der Waals surface area contributed by atoms with Crippen molar-refractivity contribution in [1.29, 1.82) is 0 Å². The summed E-state index contributed by atoms with van der Waals surface area (Å²) >= 11 is 0. The van der Waals surface area contributed by atoms with Gasteiger partial charge in [0.05, 0.1) is 4.90 Å². The second kappa shape index (κ2) is 7.60. The first-order chi connectivity index (χ1) is 8.98. The molecule has 3 nitrogen and oxygen atoms in total. The average molecular weight is 287 g/mol. The van der Waals surface area contributed by atoms with Crippen LogP contribution in [0.25, 0.3) is 0 Å². The summed E-state index contributed by atoms with van der Waals surface area (Å²) < 4.78 is 37.5. The van der Waals surface area contributed by atoms with E-state index in [1.807, 2.05) is 6.92 Å². The molecule has 108 valence electrons. The summed E-state index contributed by atoms with van der Waals surface area (Å²) in [7, 11) is -3.98. The highest BCUT2D eigenvalue weighted by Crippen LogP contribution is 2.17. The lowest BCUT2D eigenvalue weighted by Gasteiger charge is -2.12. The van der Waals surface area contributed by atoms with Gasteiger partial charge in [-0.05, 0) is 30.0 Å². The standard InChI is InChI=1S/C14H22FNO2S/c1-3-4-5-6-7-12-16(15)19(17,18)14-10-8-13(2)9-11-14/h8-11H,3-7,12H2,1-2H3. The first-order valence-corrected chi connectivity index (χ1v) is 8.17. The van der Waals surface area contributed by atoms with Crippen molar-refractivity contribution in [3.05, 3.63) is 29.8 Å². The van der Waals surface area contributed by atoms with Gasteiger partial charge in [0.2, 0.25) is 0 Å². The van der Waals surface area contributed by atoms with Gasteiger partial charge in [-0.25, -0.2) is 8.42 Å². The number of aryl methyl sites for hydroxylation is 1. The van der Waals surface area contributed by atoms with Crippen LogP contribution in [0.5, 0.6) is 0 Å². The molecule has 0 aliphatic carbocycles. The van der Waals surface area contributed by atoms with Crippen molar-refractivity contribution in [1.82, 2.24) is 4.53 Å². The molecule has 0 atom stereocenters. The van der Waals surface area contributed by atoms with Crippen LogP contribution in [-0.2, 0) is 10.0 Å². The summed E-state index contributed by atoms with van der Waals surface area (Å²) in [5, 5.41) is 0. The number of nitrogens with zero attached hydrogens (tertiary/aromatic N) is 1. The van der Waals surface area contributed by atoms with Gasteiger partial charge in [-0.15, -0.1) is 4.48 Å². The third-order valence-corrected chi connectivity index (χ3v) is 4.59. The minimum atomic E-state index is -3.98. The fourth-order valence-electron chi connectivity index (χ4n) is 1.78. The Bertz CT molecular complexity index is 471. The van der Waals surface area contributed by atoms with E-state index in [0.717, 1.165) is 31.2 Å². The Labute approximate surface area is 115 Å². The predicted octanol–water partition coefficient (Wildman–Crippen LogP) is 3.84. The number of unbranched alkanes of at least 4 members (excludes halogenated alkanes) is 4.